The van der Waals surface area contributed by atoms with Crippen molar-refractivity contribution in [2.75, 3.05) is 5.75 Å². The molecular weight excluding hydrogens is 284 g/mol. The van der Waals surface area contributed by atoms with E-state index in [4.69, 9.17) is 11.1 Å². The molecule has 0 unspecified atom stereocenters. The monoisotopic (exact) mass is 302 g/mol. The number of nitrogens with one attached hydrogen (secondary N) is 1. The first-order valence-electron chi connectivity index (χ1n) is 6.46. The van der Waals surface area contributed by atoms with Gasteiger partial charge in [0.05, 0.1) is 0 Å². The van der Waals surface area contributed by atoms with E-state index >= 15 is 0 Å². The van der Waals surface area contributed by atoms with Crippen molar-refractivity contribution in [3.63, 3.8) is 0 Å². The second-order valence-corrected chi connectivity index (χ2v) is 6.81. The Balaban J connectivity index is 2.37. The number of nitrogen functional groups attached to an aromatic ring is 1. The lowest BCUT2D eigenvalue weighted by Gasteiger charge is -2.12. The van der Waals surface area contributed by atoms with Gasteiger partial charge in [-0.05, 0) is 36.9 Å². The minimum Gasteiger partial charge on any atom is -0.384 e. The summed E-state index contributed by atoms with van der Waals surface area (Å²) in [6.07, 6.45) is 0. The van der Waals surface area contributed by atoms with Crippen LogP contribution in [0, 0.1) is 12.3 Å². The molecule has 2 rings (SSSR count). The fourth-order valence-corrected chi connectivity index (χ4v) is 3.78. The molecule has 0 atom stereocenters. The number of aryl methyl sites for hydroxylation is 1. The van der Waals surface area contributed by atoms with Crippen LogP contribution in [0.15, 0.2) is 57.2 Å². The molecule has 0 aliphatic heterocycles. The summed E-state index contributed by atoms with van der Waals surface area (Å²) in [5.74, 6) is 1.11. The van der Waals surface area contributed by atoms with Crippen LogP contribution in [-0.2, 0) is 0 Å². The molecule has 0 aromatic heterocycles. The van der Waals surface area contributed by atoms with E-state index in [0.29, 0.717) is 0 Å². The van der Waals surface area contributed by atoms with Crippen LogP contribution >= 0.6 is 23.5 Å². The number of rotatable bonds is 5. The number of hydrogen-bond donors (Lipinski definition) is 2. The van der Waals surface area contributed by atoms with Gasteiger partial charge in [0, 0.05) is 20.2 Å². The van der Waals surface area contributed by atoms with Gasteiger partial charge in [0.15, 0.2) is 0 Å². The molecule has 0 bridgehead atoms. The van der Waals surface area contributed by atoms with Crippen molar-refractivity contribution in [3.8, 4) is 0 Å². The van der Waals surface area contributed by atoms with Gasteiger partial charge in [0.25, 0.3) is 0 Å². The van der Waals surface area contributed by atoms with Gasteiger partial charge in [-0.2, -0.15) is 0 Å². The van der Waals surface area contributed by atoms with Crippen molar-refractivity contribution in [3.05, 3.63) is 53.6 Å². The minimum absolute atomic E-state index is 0.135. The van der Waals surface area contributed by atoms with Gasteiger partial charge in [-0.15, -0.1) is 11.8 Å². The van der Waals surface area contributed by atoms with Crippen LogP contribution < -0.4 is 5.73 Å². The molecule has 0 aliphatic carbocycles. The van der Waals surface area contributed by atoms with E-state index in [-0.39, 0.29) is 5.84 Å². The Morgan fingerprint density at radius 1 is 1.10 bits per heavy atom. The third-order valence-electron chi connectivity index (χ3n) is 2.81. The number of nitrogens with two attached hydrogens (primary N) is 1. The topological polar surface area (TPSA) is 49.9 Å². The van der Waals surface area contributed by atoms with Gasteiger partial charge in [-0.1, -0.05) is 42.4 Å². The molecule has 0 spiro atoms. The maximum Gasteiger partial charge on any atom is 0.125 e. The molecule has 2 aromatic rings. The van der Waals surface area contributed by atoms with Crippen LogP contribution in [-0.4, -0.2) is 11.6 Å². The largest absolute Gasteiger partial charge is 0.384 e. The molecule has 0 saturated carbocycles. The van der Waals surface area contributed by atoms with E-state index in [9.17, 15) is 0 Å². The van der Waals surface area contributed by atoms with Crippen LogP contribution in [0.25, 0.3) is 0 Å². The summed E-state index contributed by atoms with van der Waals surface area (Å²) in [7, 11) is 0. The lowest BCUT2D eigenvalue weighted by Crippen LogP contribution is -2.13. The lowest BCUT2D eigenvalue weighted by atomic mass is 10.2. The van der Waals surface area contributed by atoms with E-state index in [1.165, 1.54) is 5.56 Å². The number of hydrogen-bond acceptors (Lipinski definition) is 3. The smallest absolute Gasteiger partial charge is 0.125 e. The Hall–Kier alpha value is -1.39. The summed E-state index contributed by atoms with van der Waals surface area (Å²) < 4.78 is 0. The molecule has 3 N–H and O–H groups in total. The predicted octanol–water partition coefficient (Wildman–Crippen LogP) is 4.54. The van der Waals surface area contributed by atoms with Gasteiger partial charge in [0.2, 0.25) is 0 Å². The summed E-state index contributed by atoms with van der Waals surface area (Å²) in [6, 6.07) is 14.5. The highest BCUT2D eigenvalue weighted by atomic mass is 32.2. The Kier molecular flexibility index (Phi) is 5.15. The average Bonchev–Trinajstić information content (AvgIpc) is 2.41. The molecule has 0 saturated heterocycles. The second-order valence-electron chi connectivity index (χ2n) is 4.39. The molecule has 0 heterocycles. The molecule has 20 heavy (non-hydrogen) atoms. The highest BCUT2D eigenvalue weighted by Crippen LogP contribution is 2.35. The first kappa shape index (κ1) is 15.0. The molecule has 4 heteroatoms. The van der Waals surface area contributed by atoms with Gasteiger partial charge < -0.3 is 5.73 Å². The van der Waals surface area contributed by atoms with Crippen molar-refractivity contribution < 1.29 is 0 Å². The summed E-state index contributed by atoms with van der Waals surface area (Å²) >= 11 is 3.38. The van der Waals surface area contributed by atoms with E-state index in [1.54, 1.807) is 23.5 Å². The van der Waals surface area contributed by atoms with Crippen LogP contribution in [0.2, 0.25) is 0 Å². The zero-order valence-electron chi connectivity index (χ0n) is 11.6. The van der Waals surface area contributed by atoms with Crippen LogP contribution in [0.1, 0.15) is 18.1 Å². The second kappa shape index (κ2) is 6.86. The predicted molar refractivity (Wildman–Crippen MR) is 89.2 cm³/mol. The molecule has 2 aromatic carbocycles. The Bertz CT molecular complexity index is 606. The van der Waals surface area contributed by atoms with Crippen molar-refractivity contribution in [2.24, 2.45) is 5.73 Å². The van der Waals surface area contributed by atoms with Crippen molar-refractivity contribution in [1.82, 2.24) is 0 Å². The lowest BCUT2D eigenvalue weighted by molar-refractivity contribution is 1.24. The molecular formula is C16H18N2S2. The molecule has 0 amide bonds. The molecule has 2 nitrogen and oxygen atoms in total. The van der Waals surface area contributed by atoms with Gasteiger partial charge in [0.1, 0.15) is 5.84 Å². The fourth-order valence-electron chi connectivity index (χ4n) is 1.87. The van der Waals surface area contributed by atoms with Crippen LogP contribution in [0.4, 0.5) is 0 Å². The summed E-state index contributed by atoms with van der Waals surface area (Å²) in [4.78, 5) is 3.29. The zero-order valence-corrected chi connectivity index (χ0v) is 13.3. The van der Waals surface area contributed by atoms with Gasteiger partial charge in [-0.25, -0.2) is 0 Å². The Labute approximate surface area is 128 Å². The third-order valence-corrected chi connectivity index (χ3v) is 4.81. The molecule has 0 fully saturated rings. The summed E-state index contributed by atoms with van der Waals surface area (Å²) in [5, 5.41) is 7.85. The zero-order chi connectivity index (χ0) is 14.5. The highest BCUT2D eigenvalue weighted by Gasteiger charge is 2.12. The van der Waals surface area contributed by atoms with Crippen molar-refractivity contribution in [2.45, 2.75) is 28.5 Å². The average molecular weight is 302 g/mol. The van der Waals surface area contributed by atoms with E-state index in [0.717, 1.165) is 26.0 Å². The maximum absolute atomic E-state index is 7.85. The SMILES string of the molecule is CCSc1cccc(Sc2ccc(C)cc2)c1C(=N)N. The maximum atomic E-state index is 7.85. The van der Waals surface area contributed by atoms with E-state index in [2.05, 4.69) is 38.1 Å². The Morgan fingerprint density at radius 3 is 2.35 bits per heavy atom. The molecule has 104 valence electrons. The third kappa shape index (κ3) is 3.58. The number of benzene rings is 2. The van der Waals surface area contributed by atoms with E-state index in [1.807, 2.05) is 18.2 Å². The molecule has 0 radical (unpaired) electrons. The van der Waals surface area contributed by atoms with Crippen LogP contribution in [0.5, 0.6) is 0 Å². The standard InChI is InChI=1S/C16H18N2S2/c1-3-19-13-5-4-6-14(15(13)16(17)18)20-12-9-7-11(2)8-10-12/h4-10H,3H2,1-2H3,(H3,17,18). The van der Waals surface area contributed by atoms with Crippen molar-refractivity contribution in [1.29, 1.82) is 5.41 Å². The first-order valence-corrected chi connectivity index (χ1v) is 8.26. The number of amidine groups is 1. The molecule has 0 aliphatic rings. The van der Waals surface area contributed by atoms with Gasteiger partial charge >= 0.3 is 0 Å². The van der Waals surface area contributed by atoms with Crippen LogP contribution in [0.3, 0.4) is 0 Å². The highest BCUT2D eigenvalue weighted by molar-refractivity contribution is 8.00. The normalized spacial score (nSPS) is 10.5. The van der Waals surface area contributed by atoms with Crippen molar-refractivity contribution >= 4 is 29.4 Å². The summed E-state index contributed by atoms with van der Waals surface area (Å²) in [5.41, 5.74) is 7.88. The van der Waals surface area contributed by atoms with E-state index < -0.39 is 0 Å². The quantitative estimate of drug-likeness (QED) is 0.484. The summed E-state index contributed by atoms with van der Waals surface area (Å²) in [6.45, 7) is 4.18. The number of thioether (sulfide) groups is 1. The first-order chi connectivity index (χ1) is 9.61. The van der Waals surface area contributed by atoms with Gasteiger partial charge in [-0.3, -0.25) is 5.41 Å². The minimum atomic E-state index is 0.135. The Morgan fingerprint density at radius 2 is 1.75 bits per heavy atom. The fraction of sp³-hybridized carbons (Fsp3) is 0.188.